The molecule has 0 saturated heterocycles. The van der Waals surface area contributed by atoms with Gasteiger partial charge in [0.25, 0.3) is 0 Å². The molecule has 0 aliphatic rings. The molecule has 0 aromatic carbocycles. The molecule has 11 heteroatoms. The third kappa shape index (κ3) is 4.73. The Balaban J connectivity index is 2.69. The summed E-state index contributed by atoms with van der Waals surface area (Å²) in [6.45, 7) is 7.46. The van der Waals surface area contributed by atoms with Gasteiger partial charge in [0, 0.05) is 17.3 Å². The molecule has 8 nitrogen and oxygen atoms in total. The molecular formula is C19H24F3N3O5. The van der Waals surface area contributed by atoms with Gasteiger partial charge in [-0.1, -0.05) is 0 Å². The minimum absolute atomic E-state index is 0.0881. The Labute approximate surface area is 171 Å². The number of aromatic nitrogens is 3. The third-order valence-electron chi connectivity index (χ3n) is 4.14. The van der Waals surface area contributed by atoms with E-state index in [2.05, 4.69) is 10.1 Å². The van der Waals surface area contributed by atoms with E-state index >= 15 is 0 Å². The van der Waals surface area contributed by atoms with Crippen molar-refractivity contribution in [2.45, 2.75) is 52.4 Å². The highest BCUT2D eigenvalue weighted by Gasteiger charge is 2.40. The molecule has 2 N–H and O–H groups in total. The quantitative estimate of drug-likeness (QED) is 0.676. The molecule has 2 aromatic rings. The molecule has 0 bridgehead atoms. The summed E-state index contributed by atoms with van der Waals surface area (Å²) in [7, 11) is 0. The van der Waals surface area contributed by atoms with Gasteiger partial charge in [-0.25, -0.2) is 9.48 Å². The Morgan fingerprint density at radius 2 is 1.90 bits per heavy atom. The van der Waals surface area contributed by atoms with Crippen molar-refractivity contribution >= 4 is 5.97 Å². The molecule has 0 spiro atoms. The minimum atomic E-state index is -4.91. The SMILES string of the molecule is CCOC(=O)c1nn(C(C)(C)C)c(Oc2cncc(C(O)CO)c2C(F)(F)F)c1C. The molecule has 30 heavy (non-hydrogen) atoms. The van der Waals surface area contributed by atoms with Crippen molar-refractivity contribution in [2.75, 3.05) is 13.2 Å². The number of ether oxygens (including phenoxy) is 2. The first kappa shape index (κ1) is 23.6. The maximum atomic E-state index is 13.8. The zero-order chi connectivity index (χ0) is 22.9. The number of pyridine rings is 1. The molecule has 1 unspecified atom stereocenters. The van der Waals surface area contributed by atoms with Crippen LogP contribution in [-0.4, -0.2) is 44.2 Å². The van der Waals surface area contributed by atoms with Crippen molar-refractivity contribution in [1.82, 2.24) is 14.8 Å². The first-order chi connectivity index (χ1) is 13.8. The zero-order valence-corrected chi connectivity index (χ0v) is 17.2. The van der Waals surface area contributed by atoms with E-state index in [-0.39, 0.29) is 23.7 Å². The van der Waals surface area contributed by atoms with Crippen LogP contribution in [0.3, 0.4) is 0 Å². The summed E-state index contributed by atoms with van der Waals surface area (Å²) in [6.07, 6.45) is -5.05. The van der Waals surface area contributed by atoms with Crippen LogP contribution in [0.15, 0.2) is 12.4 Å². The van der Waals surface area contributed by atoms with Crippen LogP contribution < -0.4 is 4.74 Å². The summed E-state index contributed by atoms with van der Waals surface area (Å²) in [5.41, 5.74) is -2.57. The van der Waals surface area contributed by atoms with Crippen LogP contribution in [0.5, 0.6) is 11.6 Å². The highest BCUT2D eigenvalue weighted by atomic mass is 19.4. The van der Waals surface area contributed by atoms with Gasteiger partial charge in [-0.15, -0.1) is 0 Å². The number of carbonyl (C=O) groups is 1. The van der Waals surface area contributed by atoms with Crippen molar-refractivity contribution in [1.29, 1.82) is 0 Å². The van der Waals surface area contributed by atoms with Gasteiger partial charge in [0.2, 0.25) is 5.88 Å². The monoisotopic (exact) mass is 431 g/mol. The topological polar surface area (TPSA) is 107 Å². The summed E-state index contributed by atoms with van der Waals surface area (Å²) in [5, 5.41) is 23.1. The van der Waals surface area contributed by atoms with Gasteiger partial charge in [0.05, 0.1) is 24.9 Å². The van der Waals surface area contributed by atoms with Crippen LogP contribution in [-0.2, 0) is 16.5 Å². The van der Waals surface area contributed by atoms with Gasteiger partial charge >= 0.3 is 12.1 Å². The van der Waals surface area contributed by atoms with Crippen molar-refractivity contribution < 1.29 is 37.7 Å². The van der Waals surface area contributed by atoms with E-state index in [1.807, 2.05) is 0 Å². The van der Waals surface area contributed by atoms with Crippen LogP contribution in [0, 0.1) is 6.92 Å². The molecule has 0 fully saturated rings. The van der Waals surface area contributed by atoms with Crippen molar-refractivity contribution in [2.24, 2.45) is 0 Å². The van der Waals surface area contributed by atoms with Crippen LogP contribution in [0.2, 0.25) is 0 Å². The Morgan fingerprint density at radius 3 is 2.40 bits per heavy atom. The second-order valence-corrected chi connectivity index (χ2v) is 7.48. The number of hydrogen-bond acceptors (Lipinski definition) is 7. The summed E-state index contributed by atoms with van der Waals surface area (Å²) in [6, 6.07) is 0. The van der Waals surface area contributed by atoms with Crippen LogP contribution in [0.1, 0.15) is 61.0 Å². The predicted molar refractivity (Wildman–Crippen MR) is 99.3 cm³/mol. The summed E-state index contributed by atoms with van der Waals surface area (Å²) in [4.78, 5) is 15.9. The van der Waals surface area contributed by atoms with E-state index in [4.69, 9.17) is 14.6 Å². The number of hydrogen-bond donors (Lipinski definition) is 2. The maximum absolute atomic E-state index is 13.8. The lowest BCUT2D eigenvalue weighted by Crippen LogP contribution is -2.24. The molecule has 0 aliphatic heterocycles. The molecule has 0 amide bonds. The highest BCUT2D eigenvalue weighted by Crippen LogP contribution is 2.43. The van der Waals surface area contributed by atoms with Gasteiger partial charge in [0.15, 0.2) is 11.4 Å². The fourth-order valence-electron chi connectivity index (χ4n) is 2.74. The summed E-state index contributed by atoms with van der Waals surface area (Å²) in [5.74, 6) is -1.54. The van der Waals surface area contributed by atoms with E-state index in [0.29, 0.717) is 0 Å². The molecule has 0 saturated carbocycles. The van der Waals surface area contributed by atoms with Crippen molar-refractivity contribution in [3.05, 3.63) is 34.8 Å². The van der Waals surface area contributed by atoms with Crippen LogP contribution >= 0.6 is 0 Å². The number of aliphatic hydroxyl groups excluding tert-OH is 2. The first-order valence-electron chi connectivity index (χ1n) is 9.12. The predicted octanol–water partition coefficient (Wildman–Crippen LogP) is 3.36. The largest absolute Gasteiger partial charge is 0.461 e. The normalized spacial score (nSPS) is 13.3. The number of carbonyl (C=O) groups excluding carboxylic acids is 1. The summed E-state index contributed by atoms with van der Waals surface area (Å²) < 4.78 is 53.2. The Bertz CT molecular complexity index is 919. The smallest absolute Gasteiger partial charge is 0.420 e. The number of alkyl halides is 3. The lowest BCUT2D eigenvalue weighted by molar-refractivity contribution is -0.140. The molecule has 166 valence electrons. The lowest BCUT2D eigenvalue weighted by atomic mass is 10.0. The Morgan fingerprint density at radius 1 is 1.27 bits per heavy atom. The van der Waals surface area contributed by atoms with E-state index in [1.54, 1.807) is 27.7 Å². The van der Waals surface area contributed by atoms with E-state index in [1.165, 1.54) is 11.6 Å². The van der Waals surface area contributed by atoms with Crippen molar-refractivity contribution in [3.8, 4) is 11.6 Å². The Kier molecular flexibility index (Phi) is 6.77. The number of esters is 1. The lowest BCUT2D eigenvalue weighted by Gasteiger charge is -2.24. The average Bonchev–Trinajstić information content (AvgIpc) is 2.97. The molecule has 2 rings (SSSR count). The van der Waals surface area contributed by atoms with Crippen molar-refractivity contribution in [3.63, 3.8) is 0 Å². The number of halogens is 3. The minimum Gasteiger partial charge on any atom is -0.461 e. The second kappa shape index (κ2) is 8.60. The fourth-order valence-corrected chi connectivity index (χ4v) is 2.74. The fraction of sp³-hybridized carbons (Fsp3) is 0.526. The first-order valence-corrected chi connectivity index (χ1v) is 9.12. The van der Waals surface area contributed by atoms with Crippen LogP contribution in [0.4, 0.5) is 13.2 Å². The van der Waals surface area contributed by atoms with Gasteiger partial charge in [-0.2, -0.15) is 18.3 Å². The number of nitrogens with zero attached hydrogens (tertiary/aromatic N) is 3. The van der Waals surface area contributed by atoms with E-state index in [9.17, 15) is 23.1 Å². The maximum Gasteiger partial charge on any atom is 0.420 e. The van der Waals surface area contributed by atoms with Gasteiger partial charge in [-0.3, -0.25) is 4.98 Å². The molecule has 2 heterocycles. The number of aliphatic hydroxyl groups is 2. The third-order valence-corrected chi connectivity index (χ3v) is 4.14. The summed E-state index contributed by atoms with van der Waals surface area (Å²) >= 11 is 0. The van der Waals surface area contributed by atoms with Gasteiger partial charge in [-0.05, 0) is 34.6 Å². The molecule has 2 aromatic heterocycles. The van der Waals surface area contributed by atoms with Gasteiger partial charge < -0.3 is 19.7 Å². The molecular weight excluding hydrogens is 407 g/mol. The average molecular weight is 431 g/mol. The van der Waals surface area contributed by atoms with E-state index < -0.39 is 47.3 Å². The van der Waals surface area contributed by atoms with Crippen LogP contribution in [0.25, 0.3) is 0 Å². The Hall–Kier alpha value is -2.66. The second-order valence-electron chi connectivity index (χ2n) is 7.48. The molecule has 0 aliphatic carbocycles. The molecule has 1 atom stereocenters. The van der Waals surface area contributed by atoms with E-state index in [0.717, 1.165) is 12.4 Å². The standard InChI is InChI=1S/C19H24F3N3O5/c1-6-29-17(28)15-10(2)16(25(24-15)18(3,4)5)30-13-8-23-7-11(12(27)9-26)14(13)19(20,21)22/h7-8,12,26-27H,6,9H2,1-5H3. The molecule has 0 radical (unpaired) electrons. The number of rotatable bonds is 6. The highest BCUT2D eigenvalue weighted by molar-refractivity contribution is 5.89. The zero-order valence-electron chi connectivity index (χ0n) is 17.2. The van der Waals surface area contributed by atoms with Gasteiger partial charge in [0.1, 0.15) is 11.7 Å².